The van der Waals surface area contributed by atoms with E-state index in [-0.39, 0.29) is 31.4 Å². The van der Waals surface area contributed by atoms with Gasteiger partial charge in [0.25, 0.3) is 0 Å². The Morgan fingerprint density at radius 1 is 0.822 bits per heavy atom. The highest BCUT2D eigenvalue weighted by molar-refractivity contribution is 7.94. The summed E-state index contributed by atoms with van der Waals surface area (Å²) in [5, 5.41) is 11.4. The number of rotatable bonds is 13. The predicted octanol–water partition coefficient (Wildman–Crippen LogP) is 10.6. The summed E-state index contributed by atoms with van der Waals surface area (Å²) in [7, 11) is 0. The fraction of sp³-hybridized carbons (Fsp3) is 0.829. The third-order valence-corrected chi connectivity index (χ3v) is 13.5. The van der Waals surface area contributed by atoms with Crippen molar-refractivity contribution in [2.45, 2.75) is 123 Å². The van der Waals surface area contributed by atoms with Crippen LogP contribution in [0.1, 0.15) is 112 Å². The monoisotopic (exact) mass is 660 g/mol. The quantitative estimate of drug-likeness (QED) is 0.0568. The lowest BCUT2D eigenvalue weighted by molar-refractivity contribution is -0.432. The highest BCUT2D eigenvalue weighted by Crippen LogP contribution is 2.68. The van der Waals surface area contributed by atoms with Crippen molar-refractivity contribution in [3.63, 3.8) is 0 Å². The smallest absolute Gasteiger partial charge is 0.205 e. The molecule has 256 valence electrons. The standard InChI is InChI=1S/C35H52F4O5S/c1-20(2)7-6-8-21(3)25-11-12-26-24-10-9-22-19-23(13-15-34(22,4)27(24)14-16-35(25,26)5)41-17-18-42-32-28(36)30(38)33(45-44-43-40)31(39)29(32)37/h20-27,40H,6-19H2,1-5H3. The molecule has 4 aliphatic rings. The molecule has 0 radical (unpaired) electrons. The molecule has 4 aliphatic carbocycles. The fourth-order valence-corrected chi connectivity index (χ4v) is 11.0. The molecule has 0 amide bonds. The van der Waals surface area contributed by atoms with Crippen LogP contribution in [0, 0.1) is 75.5 Å². The van der Waals surface area contributed by atoms with Crippen molar-refractivity contribution in [3.8, 4) is 5.75 Å². The van der Waals surface area contributed by atoms with Gasteiger partial charge in [-0.05, 0) is 110 Å². The van der Waals surface area contributed by atoms with Crippen molar-refractivity contribution in [3.05, 3.63) is 23.3 Å². The van der Waals surface area contributed by atoms with Crippen LogP contribution in [0.5, 0.6) is 5.75 Å². The number of ether oxygens (including phenoxy) is 2. The first-order valence-corrected chi connectivity index (χ1v) is 17.9. The summed E-state index contributed by atoms with van der Waals surface area (Å²) in [6, 6.07) is 0. The van der Waals surface area contributed by atoms with Crippen LogP contribution in [-0.2, 0) is 14.1 Å². The maximum atomic E-state index is 14.4. The number of hydrogen-bond acceptors (Lipinski definition) is 6. The van der Waals surface area contributed by atoms with Crippen LogP contribution in [0.2, 0.25) is 0 Å². The summed E-state index contributed by atoms with van der Waals surface area (Å²) < 4.78 is 72.4. The molecule has 9 atom stereocenters. The molecule has 1 aromatic carbocycles. The van der Waals surface area contributed by atoms with Crippen LogP contribution >= 0.6 is 12.0 Å². The molecule has 5 rings (SSSR count). The molecule has 1 N–H and O–H groups in total. The van der Waals surface area contributed by atoms with Crippen molar-refractivity contribution in [1.29, 1.82) is 0 Å². The minimum absolute atomic E-state index is 0.0252. The van der Waals surface area contributed by atoms with Gasteiger partial charge >= 0.3 is 0 Å². The average Bonchev–Trinajstić information content (AvgIpc) is 3.37. The Hall–Kier alpha value is -1.07. The lowest BCUT2D eigenvalue weighted by Gasteiger charge is -2.61. The first kappa shape index (κ1) is 35.2. The van der Waals surface area contributed by atoms with Gasteiger partial charge in [0.05, 0.1) is 24.8 Å². The molecular formula is C35H52F4O5S. The van der Waals surface area contributed by atoms with Crippen molar-refractivity contribution in [1.82, 2.24) is 0 Å². The zero-order valence-electron chi connectivity index (χ0n) is 27.5. The van der Waals surface area contributed by atoms with Crippen LogP contribution in [0.25, 0.3) is 0 Å². The molecule has 0 heterocycles. The minimum atomic E-state index is -1.71. The lowest BCUT2D eigenvalue weighted by Crippen LogP contribution is -2.54. The molecule has 0 spiro atoms. The highest BCUT2D eigenvalue weighted by Gasteiger charge is 2.60. The molecule has 45 heavy (non-hydrogen) atoms. The van der Waals surface area contributed by atoms with Crippen LogP contribution in [0.4, 0.5) is 17.6 Å². The molecule has 0 bridgehead atoms. The van der Waals surface area contributed by atoms with Gasteiger partial charge in [0.1, 0.15) is 11.5 Å². The van der Waals surface area contributed by atoms with Gasteiger partial charge < -0.3 is 9.47 Å². The van der Waals surface area contributed by atoms with Crippen molar-refractivity contribution in [2.75, 3.05) is 13.2 Å². The SMILES string of the molecule is CC(C)CCCC(C)C1CCC2C3CCC4CC(OCCOc5c(F)c(F)c(SOOO)c(F)c5F)CCC4(C)C3CCC12C. The largest absolute Gasteiger partial charge is 0.485 e. The molecular weight excluding hydrogens is 608 g/mol. The summed E-state index contributed by atoms with van der Waals surface area (Å²) in [4.78, 5) is -1.13. The molecule has 4 fully saturated rings. The molecule has 10 heteroatoms. The number of fused-ring (bicyclic) bond motifs is 5. The van der Waals surface area contributed by atoms with Crippen LogP contribution in [0.3, 0.4) is 0 Å². The van der Waals surface area contributed by atoms with Crippen molar-refractivity contribution in [2.24, 2.45) is 52.3 Å². The maximum Gasteiger partial charge on any atom is 0.205 e. The Labute approximate surface area is 270 Å². The Morgan fingerprint density at radius 3 is 2.20 bits per heavy atom. The van der Waals surface area contributed by atoms with E-state index in [1.807, 2.05) is 0 Å². The van der Waals surface area contributed by atoms with E-state index in [0.29, 0.717) is 16.7 Å². The Morgan fingerprint density at radius 2 is 1.51 bits per heavy atom. The van der Waals surface area contributed by atoms with Crippen LogP contribution in [-0.4, -0.2) is 24.6 Å². The minimum Gasteiger partial charge on any atom is -0.485 e. The van der Waals surface area contributed by atoms with Gasteiger partial charge in [-0.2, -0.15) is 8.78 Å². The number of halogens is 4. The molecule has 0 saturated heterocycles. The van der Waals surface area contributed by atoms with Crippen molar-refractivity contribution < 1.29 is 41.7 Å². The van der Waals surface area contributed by atoms with Crippen LogP contribution in [0.15, 0.2) is 4.90 Å². The zero-order valence-corrected chi connectivity index (χ0v) is 28.3. The maximum absolute atomic E-state index is 14.4. The summed E-state index contributed by atoms with van der Waals surface area (Å²) in [6.45, 7) is 12.2. The van der Waals surface area contributed by atoms with E-state index in [2.05, 4.69) is 44.0 Å². The third kappa shape index (κ3) is 6.92. The Bertz CT molecular complexity index is 1140. The van der Waals surface area contributed by atoms with E-state index in [0.717, 1.165) is 54.8 Å². The zero-order chi connectivity index (χ0) is 32.5. The molecule has 5 nitrogen and oxygen atoms in total. The van der Waals surface area contributed by atoms with Gasteiger partial charge in [-0.1, -0.05) is 58.9 Å². The van der Waals surface area contributed by atoms with E-state index in [1.54, 1.807) is 0 Å². The molecule has 9 unspecified atom stereocenters. The first-order valence-electron chi connectivity index (χ1n) is 17.2. The van der Waals surface area contributed by atoms with Gasteiger partial charge in [-0.15, -0.1) is 4.33 Å². The summed E-state index contributed by atoms with van der Waals surface area (Å²) >= 11 is -0.201. The Kier molecular flexibility index (Phi) is 11.4. The average molecular weight is 661 g/mol. The number of benzene rings is 1. The van der Waals surface area contributed by atoms with Gasteiger partial charge in [0, 0.05) is 0 Å². The van der Waals surface area contributed by atoms with E-state index < -0.39 is 33.9 Å². The molecule has 0 aliphatic heterocycles. The molecule has 0 aromatic heterocycles. The first-order chi connectivity index (χ1) is 21.4. The van der Waals surface area contributed by atoms with Gasteiger partial charge in [0.15, 0.2) is 17.4 Å². The number of hydrogen-bond donors (Lipinski definition) is 1. The fourth-order valence-electron chi connectivity index (χ4n) is 10.6. The Balaban J connectivity index is 1.13. The molecule has 1 aromatic rings. The van der Waals surface area contributed by atoms with E-state index in [9.17, 15) is 17.6 Å². The topological polar surface area (TPSA) is 57.2 Å². The third-order valence-electron chi connectivity index (χ3n) is 12.8. The predicted molar refractivity (Wildman–Crippen MR) is 165 cm³/mol. The second-order valence-corrected chi connectivity index (χ2v) is 16.2. The van der Waals surface area contributed by atoms with E-state index in [1.165, 1.54) is 57.8 Å². The van der Waals surface area contributed by atoms with Crippen LogP contribution < -0.4 is 4.74 Å². The van der Waals surface area contributed by atoms with Gasteiger partial charge in [-0.25, -0.2) is 14.0 Å². The second kappa shape index (κ2) is 14.6. The second-order valence-electron chi connectivity index (χ2n) is 15.4. The van der Waals surface area contributed by atoms with E-state index >= 15 is 0 Å². The summed E-state index contributed by atoms with van der Waals surface area (Å²) in [5.41, 5.74) is 0.793. The normalized spacial score (nSPS) is 35.2. The lowest BCUT2D eigenvalue weighted by atomic mass is 9.44. The summed E-state index contributed by atoms with van der Waals surface area (Å²) in [5.74, 6) is -2.49. The van der Waals surface area contributed by atoms with E-state index in [4.69, 9.17) is 14.7 Å². The molecule has 4 saturated carbocycles. The van der Waals surface area contributed by atoms with Crippen molar-refractivity contribution >= 4 is 12.0 Å². The van der Waals surface area contributed by atoms with Gasteiger partial charge in [-0.3, -0.25) is 0 Å². The summed E-state index contributed by atoms with van der Waals surface area (Å²) in [6.07, 6.45) is 15.1. The van der Waals surface area contributed by atoms with Gasteiger partial charge in [0.2, 0.25) is 11.6 Å². The highest BCUT2D eigenvalue weighted by atomic mass is 32.2.